The largest absolute Gasteiger partial charge is 0.350 e. The van der Waals surface area contributed by atoms with Crippen LogP contribution in [0.3, 0.4) is 0 Å². The van der Waals surface area contributed by atoms with Crippen molar-refractivity contribution in [3.05, 3.63) is 57.3 Å². The third kappa shape index (κ3) is 5.51. The molecule has 25 heavy (non-hydrogen) atoms. The number of aryl methyl sites for hydroxylation is 2. The Morgan fingerprint density at radius 2 is 1.80 bits per heavy atom. The van der Waals surface area contributed by atoms with Gasteiger partial charge < -0.3 is 10.2 Å². The van der Waals surface area contributed by atoms with Gasteiger partial charge in [-0.1, -0.05) is 30.3 Å². The summed E-state index contributed by atoms with van der Waals surface area (Å²) in [6.45, 7) is 4.51. The molecule has 2 aromatic rings. The minimum Gasteiger partial charge on any atom is -0.350 e. The van der Waals surface area contributed by atoms with E-state index < -0.39 is 0 Å². The lowest BCUT2D eigenvalue weighted by Gasteiger charge is -2.22. The monoisotopic (exact) mass is 359 g/mol. The number of carbonyl (C=O) groups excluding carboxylic acids is 2. The number of ketones is 1. The van der Waals surface area contributed by atoms with Crippen LogP contribution >= 0.6 is 11.3 Å². The summed E-state index contributed by atoms with van der Waals surface area (Å²) in [6, 6.07) is 12.3. The molecule has 0 saturated heterocycles. The first-order valence-electron chi connectivity index (χ1n) is 8.60. The molecule has 0 aliphatic rings. The molecule has 1 aromatic heterocycles. The van der Waals surface area contributed by atoms with Gasteiger partial charge in [0.2, 0.25) is 5.91 Å². The predicted octanol–water partition coefficient (Wildman–Crippen LogP) is 2.33. The van der Waals surface area contributed by atoms with Gasteiger partial charge in [0, 0.05) is 33.7 Å². The minimum absolute atomic E-state index is 0.0508. The summed E-state index contributed by atoms with van der Waals surface area (Å²) >= 11 is 1.62. The van der Waals surface area contributed by atoms with Crippen LogP contribution in [0.4, 0.5) is 0 Å². The molecule has 0 radical (unpaired) electrons. The summed E-state index contributed by atoms with van der Waals surface area (Å²) in [5.74, 6) is -0.0185. The highest BCUT2D eigenvalue weighted by Crippen LogP contribution is 2.22. The molecule has 0 spiro atoms. The molecule has 1 heterocycles. The first-order valence-corrected chi connectivity index (χ1v) is 9.42. The van der Waals surface area contributed by atoms with Crippen molar-refractivity contribution in [1.29, 1.82) is 0 Å². The van der Waals surface area contributed by atoms with E-state index in [1.54, 1.807) is 11.3 Å². The van der Waals surface area contributed by atoms with Crippen molar-refractivity contribution < 1.29 is 14.5 Å². The van der Waals surface area contributed by atoms with E-state index in [0.29, 0.717) is 6.54 Å². The third-order valence-corrected chi connectivity index (χ3v) is 5.29. The van der Waals surface area contributed by atoms with Crippen LogP contribution in [0.5, 0.6) is 0 Å². The molecule has 0 saturated carbocycles. The highest BCUT2D eigenvalue weighted by Gasteiger charge is 2.19. The number of benzene rings is 1. The van der Waals surface area contributed by atoms with E-state index in [2.05, 4.69) is 31.5 Å². The summed E-state index contributed by atoms with van der Waals surface area (Å²) in [4.78, 5) is 27.8. The van der Waals surface area contributed by atoms with Crippen LogP contribution < -0.4 is 10.2 Å². The molecule has 0 bridgehead atoms. The van der Waals surface area contributed by atoms with Gasteiger partial charge >= 0.3 is 0 Å². The van der Waals surface area contributed by atoms with E-state index in [0.717, 1.165) is 15.3 Å². The Kier molecular flexibility index (Phi) is 6.91. The van der Waals surface area contributed by atoms with Crippen molar-refractivity contribution >= 4 is 23.0 Å². The minimum atomic E-state index is -0.0693. The first-order chi connectivity index (χ1) is 11.9. The molecule has 5 heteroatoms. The Morgan fingerprint density at radius 3 is 2.36 bits per heavy atom. The SMILES string of the molecule is Cc1cc(C(=O)CCC(=O)NC[C@H](c2ccccc2)[NH+](C)C)c(C)s1. The zero-order valence-corrected chi connectivity index (χ0v) is 16.2. The maximum Gasteiger partial charge on any atom is 0.220 e. The number of amides is 1. The summed E-state index contributed by atoms with van der Waals surface area (Å²) in [6.07, 6.45) is 0.491. The molecule has 0 unspecified atom stereocenters. The van der Waals surface area contributed by atoms with Crippen LogP contribution in [0.2, 0.25) is 0 Å². The number of Topliss-reactive ketones (excluding diaryl/α,β-unsaturated/α-hetero) is 1. The predicted molar refractivity (Wildman–Crippen MR) is 102 cm³/mol. The fourth-order valence-corrected chi connectivity index (χ4v) is 3.86. The van der Waals surface area contributed by atoms with Crippen LogP contribution in [0, 0.1) is 13.8 Å². The van der Waals surface area contributed by atoms with E-state index in [1.165, 1.54) is 10.5 Å². The average molecular weight is 360 g/mol. The van der Waals surface area contributed by atoms with E-state index >= 15 is 0 Å². The van der Waals surface area contributed by atoms with Crippen LogP contribution in [-0.2, 0) is 4.79 Å². The van der Waals surface area contributed by atoms with Crippen molar-refractivity contribution in [3.8, 4) is 0 Å². The lowest BCUT2D eigenvalue weighted by molar-refractivity contribution is -0.890. The van der Waals surface area contributed by atoms with E-state index in [9.17, 15) is 9.59 Å². The quantitative estimate of drug-likeness (QED) is 0.711. The molecule has 134 valence electrons. The number of quaternary nitrogens is 1. The maximum absolute atomic E-state index is 12.3. The fraction of sp³-hybridized carbons (Fsp3) is 0.400. The second-order valence-corrected chi connectivity index (χ2v) is 8.06. The Hall–Kier alpha value is -1.98. The van der Waals surface area contributed by atoms with Crippen molar-refractivity contribution in [2.45, 2.75) is 32.7 Å². The molecule has 1 amide bonds. The van der Waals surface area contributed by atoms with Gasteiger partial charge in [0.05, 0.1) is 20.6 Å². The van der Waals surface area contributed by atoms with Crippen molar-refractivity contribution in [3.63, 3.8) is 0 Å². The molecule has 2 rings (SSSR count). The highest BCUT2D eigenvalue weighted by molar-refractivity contribution is 7.12. The molecule has 0 aliphatic carbocycles. The van der Waals surface area contributed by atoms with Gasteiger partial charge in [-0.3, -0.25) is 9.59 Å². The lowest BCUT2D eigenvalue weighted by Crippen LogP contribution is -3.07. The molecule has 0 fully saturated rings. The number of carbonyl (C=O) groups is 2. The molecule has 2 N–H and O–H groups in total. The first kappa shape index (κ1) is 19.3. The van der Waals surface area contributed by atoms with Crippen molar-refractivity contribution in [1.82, 2.24) is 5.32 Å². The lowest BCUT2D eigenvalue weighted by atomic mass is 10.1. The van der Waals surface area contributed by atoms with Crippen LogP contribution in [0.25, 0.3) is 0 Å². The average Bonchev–Trinajstić information content (AvgIpc) is 2.92. The summed E-state index contributed by atoms with van der Waals surface area (Å²) in [5.41, 5.74) is 1.96. The Morgan fingerprint density at radius 1 is 1.12 bits per heavy atom. The maximum atomic E-state index is 12.3. The van der Waals surface area contributed by atoms with E-state index in [-0.39, 0.29) is 30.6 Å². The van der Waals surface area contributed by atoms with Gasteiger partial charge in [0.15, 0.2) is 5.78 Å². The van der Waals surface area contributed by atoms with Crippen LogP contribution in [-0.4, -0.2) is 32.3 Å². The molecule has 4 nitrogen and oxygen atoms in total. The van der Waals surface area contributed by atoms with Gasteiger partial charge in [-0.25, -0.2) is 0 Å². The van der Waals surface area contributed by atoms with Crippen LogP contribution in [0.15, 0.2) is 36.4 Å². The molecule has 1 aromatic carbocycles. The number of rotatable bonds is 8. The number of hydrogen-bond donors (Lipinski definition) is 2. The molecular weight excluding hydrogens is 332 g/mol. The van der Waals surface area contributed by atoms with Crippen LogP contribution in [0.1, 0.15) is 44.6 Å². The van der Waals surface area contributed by atoms with Gasteiger partial charge in [0.1, 0.15) is 6.04 Å². The van der Waals surface area contributed by atoms with Gasteiger partial charge in [-0.15, -0.1) is 11.3 Å². The van der Waals surface area contributed by atoms with Gasteiger partial charge in [-0.2, -0.15) is 0 Å². The normalized spacial score (nSPS) is 12.2. The molecular formula is C20H27N2O2S+. The molecule has 1 atom stereocenters. The Labute approximate surface area is 153 Å². The van der Waals surface area contributed by atoms with E-state index in [4.69, 9.17) is 0 Å². The van der Waals surface area contributed by atoms with Crippen molar-refractivity contribution in [2.24, 2.45) is 0 Å². The zero-order valence-electron chi connectivity index (χ0n) is 15.4. The van der Waals surface area contributed by atoms with Gasteiger partial charge in [-0.05, 0) is 19.9 Å². The zero-order chi connectivity index (χ0) is 18.4. The van der Waals surface area contributed by atoms with E-state index in [1.807, 2.05) is 38.1 Å². The highest BCUT2D eigenvalue weighted by atomic mass is 32.1. The number of hydrogen-bond acceptors (Lipinski definition) is 3. The summed E-state index contributed by atoms with van der Waals surface area (Å²) in [7, 11) is 4.16. The molecule has 0 aliphatic heterocycles. The third-order valence-electron chi connectivity index (χ3n) is 4.32. The number of likely N-dealkylation sites (N-methyl/N-ethyl adjacent to an activating group) is 1. The Balaban J connectivity index is 1.85. The summed E-state index contributed by atoms with van der Waals surface area (Å²) in [5, 5.41) is 2.98. The summed E-state index contributed by atoms with van der Waals surface area (Å²) < 4.78 is 0. The fourth-order valence-electron chi connectivity index (χ4n) is 2.91. The second-order valence-electron chi connectivity index (χ2n) is 6.59. The Bertz CT molecular complexity index is 723. The number of thiophene rings is 1. The second kappa shape index (κ2) is 8.92. The standard InChI is InChI=1S/C20H26N2O2S/c1-14-12-17(15(2)25-14)19(23)10-11-20(24)21-13-18(22(3)4)16-8-6-5-7-9-16/h5-9,12,18H,10-11,13H2,1-4H3,(H,21,24)/p+1/t18-/m1/s1. The smallest absolute Gasteiger partial charge is 0.220 e. The number of nitrogens with one attached hydrogen (secondary N) is 2. The van der Waals surface area contributed by atoms with Gasteiger partial charge in [0.25, 0.3) is 0 Å². The topological polar surface area (TPSA) is 50.6 Å². The van der Waals surface area contributed by atoms with Crippen molar-refractivity contribution in [2.75, 3.05) is 20.6 Å².